The minimum Gasteiger partial charge on any atom is -0.339 e. The molecule has 2 aromatic carbocycles. The van der Waals surface area contributed by atoms with Gasteiger partial charge in [-0.25, -0.2) is 24.4 Å². The van der Waals surface area contributed by atoms with Crippen molar-refractivity contribution in [2.75, 3.05) is 10.6 Å². The van der Waals surface area contributed by atoms with Crippen molar-refractivity contribution in [3.8, 4) is 17.3 Å². The number of nitriles is 1. The Morgan fingerprint density at radius 2 is 1.84 bits per heavy atom. The fourth-order valence-electron chi connectivity index (χ4n) is 3.81. The van der Waals surface area contributed by atoms with Gasteiger partial charge in [-0.2, -0.15) is 5.26 Å². The van der Waals surface area contributed by atoms with E-state index in [4.69, 9.17) is 4.98 Å². The topological polar surface area (TPSA) is 163 Å². The lowest BCUT2D eigenvalue weighted by atomic mass is 10.1. The predicted octanol–water partition coefficient (Wildman–Crippen LogP) is 5.46. The molecule has 0 atom stereocenters. The van der Waals surface area contributed by atoms with Crippen LogP contribution >= 0.6 is 27.7 Å². The number of thioether (sulfide) groups is 1. The fourth-order valence-corrected chi connectivity index (χ4v) is 4.79. The molecular weight excluding hydrogens is 632 g/mol. The molecule has 3 amide bonds. The largest absolute Gasteiger partial charge is 0.339 e. The molecule has 0 aliphatic rings. The molecule has 3 heterocycles. The molecule has 0 aliphatic heterocycles. The zero-order valence-corrected chi connectivity index (χ0v) is 25.1. The number of nitrogens with zero attached hydrogens (tertiary/aromatic N) is 7. The Bertz CT molecular complexity index is 1790. The Morgan fingerprint density at radius 1 is 1.05 bits per heavy atom. The Labute approximate surface area is 259 Å². The summed E-state index contributed by atoms with van der Waals surface area (Å²) in [7, 11) is 0. The zero-order valence-electron chi connectivity index (χ0n) is 22.7. The number of halogens is 1. The molecule has 214 valence electrons. The summed E-state index contributed by atoms with van der Waals surface area (Å²) >= 11 is 4.76. The first kappa shape index (κ1) is 29.4. The van der Waals surface area contributed by atoms with Gasteiger partial charge in [0.2, 0.25) is 5.91 Å². The van der Waals surface area contributed by atoms with Gasteiger partial charge in [-0.05, 0) is 43.3 Å². The number of aryl methyl sites for hydroxylation is 1. The Balaban J connectivity index is 1.29. The molecule has 14 heteroatoms. The number of pyridine rings is 1. The molecule has 0 fully saturated rings. The average molecular weight is 656 g/mol. The monoisotopic (exact) mass is 654 g/mol. The number of rotatable bonds is 9. The van der Waals surface area contributed by atoms with Gasteiger partial charge in [0.15, 0.2) is 11.0 Å². The van der Waals surface area contributed by atoms with Crippen LogP contribution in [0.4, 0.5) is 22.1 Å². The number of anilines is 3. The summed E-state index contributed by atoms with van der Waals surface area (Å²) in [5, 5.41) is 26.6. The van der Waals surface area contributed by atoms with E-state index in [0.29, 0.717) is 39.5 Å². The normalized spacial score (nSPS) is 10.5. The highest BCUT2D eigenvalue weighted by Crippen LogP contribution is 2.32. The molecule has 0 radical (unpaired) electrons. The van der Waals surface area contributed by atoms with Crippen LogP contribution in [0.3, 0.4) is 0 Å². The summed E-state index contributed by atoms with van der Waals surface area (Å²) in [6.45, 7) is 1.79. The van der Waals surface area contributed by atoms with Gasteiger partial charge in [-0.15, -0.1) is 5.10 Å². The Morgan fingerprint density at radius 3 is 2.56 bits per heavy atom. The van der Waals surface area contributed by atoms with E-state index < -0.39 is 11.9 Å². The van der Waals surface area contributed by atoms with Gasteiger partial charge < -0.3 is 5.32 Å². The van der Waals surface area contributed by atoms with E-state index in [9.17, 15) is 14.9 Å². The highest BCUT2D eigenvalue weighted by molar-refractivity contribution is 9.10. The van der Waals surface area contributed by atoms with E-state index in [1.54, 1.807) is 24.4 Å². The smallest absolute Gasteiger partial charge is 0.327 e. The maximum atomic E-state index is 12.3. The Kier molecular flexibility index (Phi) is 9.35. The molecule has 0 unspecified atom stereocenters. The second-order valence-electron chi connectivity index (χ2n) is 9.10. The lowest BCUT2D eigenvalue weighted by molar-refractivity contribution is -0.120. The minimum atomic E-state index is -0.700. The van der Waals surface area contributed by atoms with Crippen molar-refractivity contribution < 1.29 is 9.59 Å². The highest BCUT2D eigenvalue weighted by atomic mass is 79.9. The van der Waals surface area contributed by atoms with Crippen molar-refractivity contribution in [2.45, 2.75) is 24.4 Å². The number of benzene rings is 2. The first-order valence-corrected chi connectivity index (χ1v) is 14.6. The molecule has 5 aromatic rings. The predicted molar refractivity (Wildman–Crippen MR) is 165 cm³/mol. The third-order valence-electron chi connectivity index (χ3n) is 5.83. The van der Waals surface area contributed by atoms with Crippen molar-refractivity contribution >= 4 is 57.0 Å². The van der Waals surface area contributed by atoms with Crippen LogP contribution in [0.2, 0.25) is 0 Å². The van der Waals surface area contributed by atoms with Gasteiger partial charge in [-0.1, -0.05) is 68.8 Å². The number of hydrogen-bond donors (Lipinski definition) is 3. The first-order chi connectivity index (χ1) is 20.9. The molecular formula is C29H23BrN10O2S. The summed E-state index contributed by atoms with van der Waals surface area (Å²) < 4.78 is 2.23. The van der Waals surface area contributed by atoms with Gasteiger partial charge in [0.1, 0.15) is 24.0 Å². The van der Waals surface area contributed by atoms with Crippen molar-refractivity contribution in [3.05, 3.63) is 100 Å². The van der Waals surface area contributed by atoms with Crippen LogP contribution in [0.5, 0.6) is 0 Å². The lowest BCUT2D eigenvalue weighted by Crippen LogP contribution is -2.36. The number of carbonyl (C=O) groups excluding carboxylic acids is 2. The van der Waals surface area contributed by atoms with E-state index in [2.05, 4.69) is 58.2 Å². The standard InChI is InChI=1S/C29H23BrN10O2S/c1-18-5-11-21(12-6-18)33-27-23(14-31)26(19-7-9-20(30)10-8-19)36-29(37-27)43-17-22-15-40(39-38-22)16-25(41)35-28(42)34-24-4-2-3-13-32-24/h2-13,15H,16-17H2,1H3,(H,33,36,37)(H2,32,34,35,41,42). The van der Waals surface area contributed by atoms with Crippen LogP contribution in [-0.2, 0) is 17.1 Å². The van der Waals surface area contributed by atoms with Gasteiger partial charge in [0.05, 0.1) is 11.4 Å². The summed E-state index contributed by atoms with van der Waals surface area (Å²) in [6.07, 6.45) is 3.13. The van der Waals surface area contributed by atoms with Crippen molar-refractivity contribution in [1.29, 1.82) is 5.26 Å². The molecule has 0 bridgehead atoms. The van der Waals surface area contributed by atoms with E-state index >= 15 is 0 Å². The van der Waals surface area contributed by atoms with Crippen LogP contribution < -0.4 is 16.0 Å². The van der Waals surface area contributed by atoms with Gasteiger partial charge >= 0.3 is 6.03 Å². The van der Waals surface area contributed by atoms with Crippen LogP contribution in [0.1, 0.15) is 16.8 Å². The molecule has 5 rings (SSSR count). The average Bonchev–Trinajstić information content (AvgIpc) is 3.44. The maximum Gasteiger partial charge on any atom is 0.327 e. The van der Waals surface area contributed by atoms with Gasteiger partial charge in [-0.3, -0.25) is 15.4 Å². The molecule has 0 saturated carbocycles. The number of carbonyl (C=O) groups is 2. The number of aromatic nitrogens is 6. The number of nitrogens with one attached hydrogen (secondary N) is 3. The van der Waals surface area contributed by atoms with Crippen molar-refractivity contribution in [2.24, 2.45) is 0 Å². The summed E-state index contributed by atoms with van der Waals surface area (Å²) in [5.41, 5.74) is 4.04. The van der Waals surface area contributed by atoms with E-state index in [-0.39, 0.29) is 6.54 Å². The summed E-state index contributed by atoms with van der Waals surface area (Å²) in [6, 6.07) is 21.9. The van der Waals surface area contributed by atoms with Crippen molar-refractivity contribution in [1.82, 2.24) is 35.3 Å². The fraction of sp³-hybridized carbons (Fsp3) is 0.103. The quantitative estimate of drug-likeness (QED) is 0.137. The van der Waals surface area contributed by atoms with Crippen LogP contribution in [0, 0.1) is 18.3 Å². The molecule has 3 N–H and O–H groups in total. The molecule has 43 heavy (non-hydrogen) atoms. The maximum absolute atomic E-state index is 12.3. The molecule has 0 aliphatic carbocycles. The summed E-state index contributed by atoms with van der Waals surface area (Å²) in [4.78, 5) is 37.7. The molecule has 3 aromatic heterocycles. The first-order valence-electron chi connectivity index (χ1n) is 12.8. The minimum absolute atomic E-state index is 0.209. The van der Waals surface area contributed by atoms with Crippen LogP contribution in [-0.4, -0.2) is 41.9 Å². The van der Waals surface area contributed by atoms with E-state index in [0.717, 1.165) is 21.3 Å². The summed E-state index contributed by atoms with van der Waals surface area (Å²) in [5.74, 6) is 0.473. The van der Waals surface area contributed by atoms with Gasteiger partial charge in [0, 0.05) is 33.9 Å². The second-order valence-corrected chi connectivity index (χ2v) is 11.0. The SMILES string of the molecule is Cc1ccc(Nc2nc(SCc3cn(CC(=O)NC(=O)Nc4ccccn4)nn3)nc(-c3ccc(Br)cc3)c2C#N)cc1. The highest BCUT2D eigenvalue weighted by Gasteiger charge is 2.18. The number of imide groups is 1. The third-order valence-corrected chi connectivity index (χ3v) is 7.24. The van der Waals surface area contributed by atoms with Crippen LogP contribution in [0.15, 0.2) is 88.8 Å². The lowest BCUT2D eigenvalue weighted by Gasteiger charge is -2.13. The number of urea groups is 1. The third kappa shape index (κ3) is 8.00. The zero-order chi connectivity index (χ0) is 30.2. The molecule has 12 nitrogen and oxygen atoms in total. The molecule has 0 saturated heterocycles. The van der Waals surface area contributed by atoms with Crippen LogP contribution in [0.25, 0.3) is 11.3 Å². The number of amides is 3. The van der Waals surface area contributed by atoms with E-state index in [1.807, 2.05) is 55.5 Å². The van der Waals surface area contributed by atoms with Gasteiger partial charge in [0.25, 0.3) is 0 Å². The Hall–Kier alpha value is -5.13. The van der Waals surface area contributed by atoms with Crippen molar-refractivity contribution in [3.63, 3.8) is 0 Å². The van der Waals surface area contributed by atoms with E-state index in [1.165, 1.54) is 22.6 Å². The second kappa shape index (κ2) is 13.7. The number of hydrogen-bond acceptors (Lipinski definition) is 10. The molecule has 0 spiro atoms.